The van der Waals surface area contributed by atoms with Crippen LogP contribution in [0.1, 0.15) is 12.5 Å². The second-order valence-corrected chi connectivity index (χ2v) is 6.29. The molecule has 0 aliphatic carbocycles. The largest absolute Gasteiger partial charge is 0.342 e. The zero-order valence-corrected chi connectivity index (χ0v) is 14.8. The van der Waals surface area contributed by atoms with Crippen molar-refractivity contribution in [2.75, 3.05) is 26.2 Å². The summed E-state index contributed by atoms with van der Waals surface area (Å²) in [5.74, 6) is -0.163. The summed E-state index contributed by atoms with van der Waals surface area (Å²) in [4.78, 5) is 38.6. The molecule has 1 fully saturated rings. The summed E-state index contributed by atoms with van der Waals surface area (Å²) in [5, 5.41) is 4.35. The summed E-state index contributed by atoms with van der Waals surface area (Å²) in [6.07, 6.45) is 1.75. The van der Waals surface area contributed by atoms with Gasteiger partial charge in [-0.3, -0.25) is 14.4 Å². The summed E-state index contributed by atoms with van der Waals surface area (Å²) >= 11 is 0. The summed E-state index contributed by atoms with van der Waals surface area (Å²) < 4.78 is 1.21. The molecule has 0 radical (unpaired) electrons. The van der Waals surface area contributed by atoms with Gasteiger partial charge in [0, 0.05) is 37.8 Å². The molecule has 2 heterocycles. The van der Waals surface area contributed by atoms with Gasteiger partial charge in [-0.05, 0) is 18.1 Å². The molecule has 7 nitrogen and oxygen atoms in total. The Bertz CT molecular complexity index is 837. The summed E-state index contributed by atoms with van der Waals surface area (Å²) in [6.45, 7) is 3.98. The van der Waals surface area contributed by atoms with Crippen LogP contribution in [0.2, 0.25) is 0 Å². The number of aromatic nitrogens is 2. The van der Waals surface area contributed by atoms with Crippen LogP contribution in [0.15, 0.2) is 41.2 Å². The van der Waals surface area contributed by atoms with Gasteiger partial charge in [0.05, 0.1) is 5.69 Å². The van der Waals surface area contributed by atoms with E-state index < -0.39 is 0 Å². The molecule has 3 rings (SSSR count). The van der Waals surface area contributed by atoms with Gasteiger partial charge in [-0.15, -0.1) is 0 Å². The average molecular weight is 354 g/mol. The molecule has 0 unspecified atom stereocenters. The molecular weight excluding hydrogens is 332 g/mol. The molecule has 1 aliphatic heterocycles. The molecule has 2 amide bonds. The first-order chi connectivity index (χ1) is 12.6. The minimum absolute atomic E-state index is 0.0964. The third kappa shape index (κ3) is 3.99. The van der Waals surface area contributed by atoms with Crippen molar-refractivity contribution in [1.82, 2.24) is 19.6 Å². The van der Waals surface area contributed by atoms with Gasteiger partial charge in [0.2, 0.25) is 12.3 Å². The Morgan fingerprint density at radius 2 is 1.77 bits per heavy atom. The molecule has 0 N–H and O–H groups in total. The highest BCUT2D eigenvalue weighted by molar-refractivity contribution is 5.76. The molecule has 2 aromatic rings. The SMILES string of the molecule is CCc1ccc(-c2ccc(=O)n(CC(=O)N3CCN(C=O)CC3)n2)cc1. The Labute approximate surface area is 151 Å². The van der Waals surface area contributed by atoms with Gasteiger partial charge in [0.25, 0.3) is 5.56 Å². The van der Waals surface area contributed by atoms with Crippen molar-refractivity contribution < 1.29 is 9.59 Å². The van der Waals surface area contributed by atoms with E-state index in [1.165, 1.54) is 16.3 Å². The fourth-order valence-corrected chi connectivity index (χ4v) is 2.93. The van der Waals surface area contributed by atoms with E-state index in [0.29, 0.717) is 31.9 Å². The standard InChI is InChI=1S/C19H22N4O3/c1-2-15-3-5-16(6-4-15)17-7-8-18(25)23(20-17)13-19(26)22-11-9-21(14-24)10-12-22/h3-8,14H,2,9-13H2,1H3. The monoisotopic (exact) mass is 354 g/mol. The topological polar surface area (TPSA) is 75.5 Å². The summed E-state index contributed by atoms with van der Waals surface area (Å²) in [5.41, 5.74) is 2.49. The highest BCUT2D eigenvalue weighted by Crippen LogP contribution is 2.16. The number of piperazine rings is 1. The molecule has 0 atom stereocenters. The van der Waals surface area contributed by atoms with Crippen LogP contribution in [0, 0.1) is 0 Å². The first-order valence-corrected chi connectivity index (χ1v) is 8.75. The van der Waals surface area contributed by atoms with Crippen molar-refractivity contribution >= 4 is 12.3 Å². The number of nitrogens with zero attached hydrogens (tertiary/aromatic N) is 4. The van der Waals surface area contributed by atoms with Gasteiger partial charge < -0.3 is 9.80 Å². The van der Waals surface area contributed by atoms with Crippen molar-refractivity contribution in [3.63, 3.8) is 0 Å². The van der Waals surface area contributed by atoms with E-state index in [2.05, 4.69) is 12.0 Å². The van der Waals surface area contributed by atoms with Crippen LogP contribution in [0.3, 0.4) is 0 Å². The lowest BCUT2D eigenvalue weighted by Crippen LogP contribution is -2.49. The zero-order chi connectivity index (χ0) is 18.5. The normalized spacial score (nSPS) is 14.3. The third-order valence-corrected chi connectivity index (χ3v) is 4.63. The van der Waals surface area contributed by atoms with E-state index in [1.54, 1.807) is 15.9 Å². The Morgan fingerprint density at radius 1 is 1.08 bits per heavy atom. The van der Waals surface area contributed by atoms with Crippen LogP contribution in [-0.4, -0.2) is 58.1 Å². The first kappa shape index (κ1) is 17.8. The molecule has 136 valence electrons. The minimum atomic E-state index is -0.307. The number of carbonyl (C=O) groups is 2. The molecule has 1 aromatic heterocycles. The van der Waals surface area contributed by atoms with Crippen molar-refractivity contribution in [3.8, 4) is 11.3 Å². The fraction of sp³-hybridized carbons (Fsp3) is 0.368. The van der Waals surface area contributed by atoms with Crippen molar-refractivity contribution in [2.24, 2.45) is 0 Å². The maximum atomic E-state index is 12.5. The van der Waals surface area contributed by atoms with E-state index in [9.17, 15) is 14.4 Å². The number of amides is 2. The number of benzene rings is 1. The molecule has 0 saturated carbocycles. The van der Waals surface area contributed by atoms with Gasteiger partial charge in [-0.2, -0.15) is 5.10 Å². The molecule has 7 heteroatoms. The van der Waals surface area contributed by atoms with Gasteiger partial charge in [0.1, 0.15) is 6.54 Å². The van der Waals surface area contributed by atoms with Gasteiger partial charge in [-0.1, -0.05) is 31.2 Å². The predicted octanol–water partition coefficient (Wildman–Crippen LogP) is 0.773. The maximum absolute atomic E-state index is 12.5. The third-order valence-electron chi connectivity index (χ3n) is 4.63. The quantitative estimate of drug-likeness (QED) is 0.744. The molecule has 0 bridgehead atoms. The number of hydrogen-bond donors (Lipinski definition) is 0. The Kier molecular flexibility index (Phi) is 5.46. The van der Waals surface area contributed by atoms with Crippen LogP contribution >= 0.6 is 0 Å². The van der Waals surface area contributed by atoms with Gasteiger partial charge in [0.15, 0.2) is 0 Å². The highest BCUT2D eigenvalue weighted by atomic mass is 16.2. The van der Waals surface area contributed by atoms with E-state index in [4.69, 9.17) is 0 Å². The van der Waals surface area contributed by atoms with Gasteiger partial charge >= 0.3 is 0 Å². The van der Waals surface area contributed by atoms with Crippen molar-refractivity contribution in [1.29, 1.82) is 0 Å². The van der Waals surface area contributed by atoms with E-state index in [1.807, 2.05) is 24.3 Å². The smallest absolute Gasteiger partial charge is 0.267 e. The summed E-state index contributed by atoms with van der Waals surface area (Å²) in [7, 11) is 0. The Balaban J connectivity index is 1.74. The number of aryl methyl sites for hydroxylation is 1. The minimum Gasteiger partial charge on any atom is -0.342 e. The second kappa shape index (κ2) is 7.95. The van der Waals surface area contributed by atoms with E-state index in [-0.39, 0.29) is 18.0 Å². The van der Waals surface area contributed by atoms with Crippen LogP contribution < -0.4 is 5.56 Å². The Hall–Kier alpha value is -2.96. The van der Waals surface area contributed by atoms with Crippen LogP contribution in [0.25, 0.3) is 11.3 Å². The lowest BCUT2D eigenvalue weighted by molar-refractivity contribution is -0.135. The lowest BCUT2D eigenvalue weighted by atomic mass is 10.1. The van der Waals surface area contributed by atoms with Crippen LogP contribution in [-0.2, 0) is 22.6 Å². The number of hydrogen-bond acceptors (Lipinski definition) is 4. The molecule has 26 heavy (non-hydrogen) atoms. The lowest BCUT2D eigenvalue weighted by Gasteiger charge is -2.32. The Morgan fingerprint density at radius 3 is 2.38 bits per heavy atom. The van der Waals surface area contributed by atoms with E-state index >= 15 is 0 Å². The maximum Gasteiger partial charge on any atom is 0.267 e. The predicted molar refractivity (Wildman–Crippen MR) is 97.5 cm³/mol. The van der Waals surface area contributed by atoms with E-state index in [0.717, 1.165) is 18.4 Å². The number of rotatable bonds is 5. The van der Waals surface area contributed by atoms with Crippen LogP contribution in [0.5, 0.6) is 0 Å². The molecule has 1 aromatic carbocycles. The molecule has 0 spiro atoms. The van der Waals surface area contributed by atoms with Crippen LogP contribution in [0.4, 0.5) is 0 Å². The molecule has 1 saturated heterocycles. The van der Waals surface area contributed by atoms with Crippen molar-refractivity contribution in [2.45, 2.75) is 19.9 Å². The fourth-order valence-electron chi connectivity index (χ4n) is 2.93. The van der Waals surface area contributed by atoms with Crippen molar-refractivity contribution in [3.05, 3.63) is 52.3 Å². The highest BCUT2D eigenvalue weighted by Gasteiger charge is 2.21. The summed E-state index contributed by atoms with van der Waals surface area (Å²) in [6, 6.07) is 11.1. The average Bonchev–Trinajstić information content (AvgIpc) is 2.69. The zero-order valence-electron chi connectivity index (χ0n) is 14.8. The second-order valence-electron chi connectivity index (χ2n) is 6.29. The number of carbonyl (C=O) groups excluding carboxylic acids is 2. The van der Waals surface area contributed by atoms with Gasteiger partial charge in [-0.25, -0.2) is 4.68 Å². The molecule has 1 aliphatic rings. The molecular formula is C19H22N4O3. The first-order valence-electron chi connectivity index (χ1n) is 8.75.